The van der Waals surface area contributed by atoms with Gasteiger partial charge in [-0.05, 0) is 51.1 Å². The van der Waals surface area contributed by atoms with Gasteiger partial charge in [-0.25, -0.2) is 0 Å². The Morgan fingerprint density at radius 2 is 1.87 bits per heavy atom. The molecule has 2 aliphatic rings. The fourth-order valence-corrected chi connectivity index (χ4v) is 3.09. The summed E-state index contributed by atoms with van der Waals surface area (Å²) in [4.78, 5) is 27.9. The van der Waals surface area contributed by atoms with Crippen LogP contribution in [0.4, 0.5) is 0 Å². The number of amides is 2. The van der Waals surface area contributed by atoms with Gasteiger partial charge in [0.15, 0.2) is 0 Å². The number of aliphatic hydroxyl groups excluding tert-OH is 1. The van der Waals surface area contributed by atoms with Crippen molar-refractivity contribution in [1.29, 1.82) is 0 Å². The van der Waals surface area contributed by atoms with E-state index in [1.54, 1.807) is 25.1 Å². The highest BCUT2D eigenvalue weighted by molar-refractivity contribution is 6.21. The standard InChI is InChI=1S/C17H22N2O4/c1-12(20)11-19-16(21)14-5-4-13(10-15(14)17(19)22)23-9-8-18-6-2-3-7-18/h4-5,10,12,20H,2-3,6-9,11H2,1H3. The van der Waals surface area contributed by atoms with E-state index in [-0.39, 0.29) is 18.4 Å². The molecule has 124 valence electrons. The van der Waals surface area contributed by atoms with Gasteiger partial charge in [0.25, 0.3) is 11.8 Å². The molecular weight excluding hydrogens is 296 g/mol. The number of nitrogens with zero attached hydrogens (tertiary/aromatic N) is 2. The zero-order valence-corrected chi connectivity index (χ0v) is 13.3. The van der Waals surface area contributed by atoms with Gasteiger partial charge in [-0.3, -0.25) is 19.4 Å². The lowest BCUT2D eigenvalue weighted by Crippen LogP contribution is -2.35. The SMILES string of the molecule is CC(O)CN1C(=O)c2ccc(OCCN3CCCC3)cc2C1=O. The maximum Gasteiger partial charge on any atom is 0.261 e. The first kappa shape index (κ1) is 16.0. The highest BCUT2D eigenvalue weighted by Crippen LogP contribution is 2.27. The minimum Gasteiger partial charge on any atom is -0.492 e. The molecule has 23 heavy (non-hydrogen) atoms. The third-order valence-corrected chi connectivity index (χ3v) is 4.26. The van der Waals surface area contributed by atoms with Crippen LogP contribution in [0.1, 0.15) is 40.5 Å². The van der Waals surface area contributed by atoms with Crippen molar-refractivity contribution in [2.75, 3.05) is 32.8 Å². The van der Waals surface area contributed by atoms with Crippen LogP contribution in [0.2, 0.25) is 0 Å². The molecule has 3 rings (SSSR count). The van der Waals surface area contributed by atoms with Gasteiger partial charge in [0.2, 0.25) is 0 Å². The number of hydrogen-bond acceptors (Lipinski definition) is 5. The number of benzene rings is 1. The molecule has 1 saturated heterocycles. The molecular formula is C17H22N2O4. The molecule has 0 radical (unpaired) electrons. The average molecular weight is 318 g/mol. The van der Waals surface area contributed by atoms with Crippen molar-refractivity contribution in [2.24, 2.45) is 0 Å². The monoisotopic (exact) mass is 318 g/mol. The summed E-state index contributed by atoms with van der Waals surface area (Å²) in [6.45, 7) is 5.24. The van der Waals surface area contributed by atoms with Crippen LogP contribution >= 0.6 is 0 Å². The molecule has 2 heterocycles. The average Bonchev–Trinajstić information content (AvgIpc) is 3.11. The second-order valence-corrected chi connectivity index (χ2v) is 6.17. The van der Waals surface area contributed by atoms with Gasteiger partial charge in [0, 0.05) is 6.54 Å². The zero-order chi connectivity index (χ0) is 16.4. The third kappa shape index (κ3) is 3.38. The van der Waals surface area contributed by atoms with Crippen LogP contribution in [0.3, 0.4) is 0 Å². The minimum absolute atomic E-state index is 0.0114. The number of aliphatic hydroxyl groups is 1. The van der Waals surface area contributed by atoms with E-state index in [2.05, 4.69) is 4.90 Å². The second-order valence-electron chi connectivity index (χ2n) is 6.17. The van der Waals surface area contributed by atoms with Crippen LogP contribution in [0.25, 0.3) is 0 Å². The largest absolute Gasteiger partial charge is 0.492 e. The maximum absolute atomic E-state index is 12.3. The van der Waals surface area contributed by atoms with Crippen molar-refractivity contribution >= 4 is 11.8 Å². The molecule has 0 bridgehead atoms. The Balaban J connectivity index is 1.65. The summed E-state index contributed by atoms with van der Waals surface area (Å²) in [5.41, 5.74) is 0.733. The minimum atomic E-state index is -0.742. The van der Waals surface area contributed by atoms with Crippen molar-refractivity contribution in [3.8, 4) is 5.75 Å². The van der Waals surface area contributed by atoms with E-state index in [0.717, 1.165) is 24.5 Å². The van der Waals surface area contributed by atoms with Gasteiger partial charge in [-0.2, -0.15) is 0 Å². The Hall–Kier alpha value is -1.92. The van der Waals surface area contributed by atoms with Gasteiger partial charge in [-0.15, -0.1) is 0 Å². The molecule has 1 aromatic carbocycles. The summed E-state index contributed by atoms with van der Waals surface area (Å²) in [5, 5.41) is 9.43. The molecule has 0 aliphatic carbocycles. The zero-order valence-electron chi connectivity index (χ0n) is 13.3. The van der Waals surface area contributed by atoms with Crippen LogP contribution in [0, 0.1) is 0 Å². The molecule has 1 aromatic rings. The van der Waals surface area contributed by atoms with Gasteiger partial charge in [0.05, 0.1) is 23.8 Å². The van der Waals surface area contributed by atoms with Gasteiger partial charge in [0.1, 0.15) is 12.4 Å². The van der Waals surface area contributed by atoms with E-state index >= 15 is 0 Å². The number of fused-ring (bicyclic) bond motifs is 1. The van der Waals surface area contributed by atoms with E-state index in [4.69, 9.17) is 4.74 Å². The van der Waals surface area contributed by atoms with Crippen LogP contribution in [-0.4, -0.2) is 65.6 Å². The number of hydrogen-bond donors (Lipinski definition) is 1. The number of rotatable bonds is 6. The number of ether oxygens (including phenoxy) is 1. The number of carbonyl (C=O) groups excluding carboxylic acids is 2. The molecule has 0 spiro atoms. The molecule has 1 atom stereocenters. The van der Waals surface area contributed by atoms with Crippen molar-refractivity contribution in [1.82, 2.24) is 9.80 Å². The summed E-state index contributed by atoms with van der Waals surface area (Å²) >= 11 is 0. The maximum atomic E-state index is 12.3. The Morgan fingerprint density at radius 3 is 2.57 bits per heavy atom. The number of β-amino-alcohol motifs (C(OH)–C–C–N with tert-alkyl or cyclic N) is 1. The van der Waals surface area contributed by atoms with Gasteiger partial charge < -0.3 is 9.84 Å². The second kappa shape index (κ2) is 6.68. The van der Waals surface area contributed by atoms with Crippen LogP contribution < -0.4 is 4.74 Å². The van der Waals surface area contributed by atoms with E-state index in [1.165, 1.54) is 12.8 Å². The van der Waals surface area contributed by atoms with Crippen LogP contribution in [0.15, 0.2) is 18.2 Å². The lowest BCUT2D eigenvalue weighted by Gasteiger charge is -2.15. The molecule has 1 unspecified atom stereocenters. The first-order valence-corrected chi connectivity index (χ1v) is 8.10. The fourth-order valence-electron chi connectivity index (χ4n) is 3.09. The van der Waals surface area contributed by atoms with Crippen LogP contribution in [-0.2, 0) is 0 Å². The Kier molecular flexibility index (Phi) is 4.63. The summed E-state index contributed by atoms with van der Waals surface area (Å²) in [5.74, 6) is -0.117. The highest BCUT2D eigenvalue weighted by atomic mass is 16.5. The molecule has 0 saturated carbocycles. The molecule has 1 fully saturated rings. The number of carbonyl (C=O) groups is 2. The normalized spacial score (nSPS) is 19.3. The van der Waals surface area contributed by atoms with E-state index in [0.29, 0.717) is 23.5 Å². The van der Waals surface area contributed by atoms with Gasteiger partial charge >= 0.3 is 0 Å². The molecule has 2 aliphatic heterocycles. The quantitative estimate of drug-likeness (QED) is 0.797. The molecule has 6 heteroatoms. The van der Waals surface area contributed by atoms with Gasteiger partial charge in [-0.1, -0.05) is 0 Å². The van der Waals surface area contributed by atoms with Crippen molar-refractivity contribution in [2.45, 2.75) is 25.9 Å². The third-order valence-electron chi connectivity index (χ3n) is 4.26. The Labute approximate surface area is 135 Å². The van der Waals surface area contributed by atoms with E-state index in [9.17, 15) is 14.7 Å². The topological polar surface area (TPSA) is 70.1 Å². The summed E-state index contributed by atoms with van der Waals surface area (Å²) in [6, 6.07) is 4.98. The smallest absolute Gasteiger partial charge is 0.261 e. The molecule has 0 aromatic heterocycles. The summed E-state index contributed by atoms with van der Waals surface area (Å²) in [6.07, 6.45) is 1.75. The fraction of sp³-hybridized carbons (Fsp3) is 0.529. The lowest BCUT2D eigenvalue weighted by molar-refractivity contribution is 0.0563. The highest BCUT2D eigenvalue weighted by Gasteiger charge is 2.36. The molecule has 1 N–H and O–H groups in total. The van der Waals surface area contributed by atoms with Crippen molar-refractivity contribution < 1.29 is 19.4 Å². The molecule has 6 nitrogen and oxygen atoms in total. The summed E-state index contributed by atoms with van der Waals surface area (Å²) in [7, 11) is 0. The van der Waals surface area contributed by atoms with Crippen LogP contribution in [0.5, 0.6) is 5.75 Å². The first-order valence-electron chi connectivity index (χ1n) is 8.10. The van der Waals surface area contributed by atoms with Crippen molar-refractivity contribution in [3.63, 3.8) is 0 Å². The predicted octanol–water partition coefficient (Wildman–Crippen LogP) is 1.14. The first-order chi connectivity index (χ1) is 11.1. The Morgan fingerprint density at radius 1 is 1.17 bits per heavy atom. The Bertz CT molecular complexity index is 609. The van der Waals surface area contributed by atoms with Crippen molar-refractivity contribution in [3.05, 3.63) is 29.3 Å². The van der Waals surface area contributed by atoms with E-state index < -0.39 is 6.10 Å². The number of likely N-dealkylation sites (tertiary alicyclic amines) is 1. The lowest BCUT2D eigenvalue weighted by atomic mass is 10.1. The predicted molar refractivity (Wildman–Crippen MR) is 84.7 cm³/mol. The number of imide groups is 1. The van der Waals surface area contributed by atoms with E-state index in [1.807, 2.05) is 0 Å². The molecule has 2 amide bonds. The summed E-state index contributed by atoms with van der Waals surface area (Å²) < 4.78 is 5.72.